The second-order valence-corrected chi connectivity index (χ2v) is 12.7. The number of fused-ring (bicyclic) bond motifs is 1. The van der Waals surface area contributed by atoms with Crippen molar-refractivity contribution < 1.29 is 34.3 Å². The van der Waals surface area contributed by atoms with Gasteiger partial charge in [-0.15, -0.1) is 0 Å². The van der Waals surface area contributed by atoms with Gasteiger partial charge in [-0.1, -0.05) is 122 Å². The van der Waals surface area contributed by atoms with E-state index in [0.29, 0.717) is 25.2 Å². The van der Waals surface area contributed by atoms with Crippen LogP contribution in [-0.2, 0) is 27.9 Å². The van der Waals surface area contributed by atoms with Gasteiger partial charge in [-0.3, -0.25) is 0 Å². The van der Waals surface area contributed by atoms with Gasteiger partial charge in [0.25, 0.3) is 0 Å². The van der Waals surface area contributed by atoms with Gasteiger partial charge in [-0.2, -0.15) is 0 Å². The molecule has 1 saturated heterocycles. The number of hydrogen-bond donors (Lipinski definition) is 3. The van der Waals surface area contributed by atoms with Crippen molar-refractivity contribution in [3.8, 4) is 11.5 Å². The Morgan fingerprint density at radius 1 is 0.633 bits per heavy atom. The van der Waals surface area contributed by atoms with Crippen LogP contribution in [0.5, 0.6) is 11.5 Å². The molecule has 252 valence electrons. The molecule has 0 spiro atoms. The van der Waals surface area contributed by atoms with Gasteiger partial charge in [-0.25, -0.2) is 0 Å². The fraction of sp³-hybridized carbons (Fsp3) is 0.286. The molecule has 0 aromatic heterocycles. The van der Waals surface area contributed by atoms with Crippen LogP contribution in [-0.4, -0.2) is 59.6 Å². The van der Waals surface area contributed by atoms with E-state index in [9.17, 15) is 15.3 Å². The topological polar surface area (TPSA) is 97.6 Å². The smallest absolute Gasteiger partial charge is 0.161 e. The molecule has 7 heteroatoms. The van der Waals surface area contributed by atoms with Crippen molar-refractivity contribution in [3.63, 3.8) is 0 Å². The summed E-state index contributed by atoms with van der Waals surface area (Å²) in [4.78, 5) is 0. The quantitative estimate of drug-likeness (QED) is 0.155. The van der Waals surface area contributed by atoms with Crippen molar-refractivity contribution >= 4 is 0 Å². The van der Waals surface area contributed by atoms with Crippen molar-refractivity contribution in [1.29, 1.82) is 0 Å². The molecule has 7 nitrogen and oxygen atoms in total. The Balaban J connectivity index is 1.20. The van der Waals surface area contributed by atoms with E-state index in [1.165, 1.54) is 5.56 Å². The molecule has 1 fully saturated rings. The van der Waals surface area contributed by atoms with Crippen molar-refractivity contribution in [2.75, 3.05) is 19.8 Å². The minimum Gasteiger partial charge on any atom is -0.486 e. The molecule has 49 heavy (non-hydrogen) atoms. The summed E-state index contributed by atoms with van der Waals surface area (Å²) < 4.78 is 25.0. The lowest BCUT2D eigenvalue weighted by Crippen LogP contribution is -2.56. The monoisotopic (exact) mass is 658 g/mol. The highest BCUT2D eigenvalue weighted by Crippen LogP contribution is 2.42. The summed E-state index contributed by atoms with van der Waals surface area (Å²) in [5.41, 5.74) is 5.73. The second-order valence-electron chi connectivity index (χ2n) is 12.7. The van der Waals surface area contributed by atoms with E-state index in [0.717, 1.165) is 45.7 Å². The van der Waals surface area contributed by atoms with Gasteiger partial charge >= 0.3 is 0 Å². The Bertz CT molecular complexity index is 1730. The maximum atomic E-state index is 11.3. The number of aliphatic hydroxyl groups is 3. The van der Waals surface area contributed by atoms with E-state index in [2.05, 4.69) is 6.92 Å². The molecule has 7 rings (SSSR count). The molecular formula is C42H42O7. The minimum atomic E-state index is -1.45. The van der Waals surface area contributed by atoms with Gasteiger partial charge in [0.1, 0.15) is 49.3 Å². The molecule has 0 aliphatic carbocycles. The minimum absolute atomic E-state index is 0.0583. The second kappa shape index (κ2) is 14.5. The van der Waals surface area contributed by atoms with Crippen LogP contribution in [0, 0.1) is 0 Å². The molecule has 5 aromatic carbocycles. The number of benzene rings is 5. The van der Waals surface area contributed by atoms with Crippen molar-refractivity contribution in [2.24, 2.45) is 0 Å². The van der Waals surface area contributed by atoms with Gasteiger partial charge in [-0.05, 0) is 63.9 Å². The Hall–Kier alpha value is -4.50. The Labute approximate surface area is 287 Å². The lowest BCUT2D eigenvalue weighted by Gasteiger charge is -2.43. The van der Waals surface area contributed by atoms with Crippen LogP contribution in [0.1, 0.15) is 52.0 Å². The average Bonchev–Trinajstić information content (AvgIpc) is 3.16. The highest BCUT2D eigenvalue weighted by atomic mass is 16.6. The third kappa shape index (κ3) is 6.61. The number of aryl methyl sites for hydroxylation is 1. The van der Waals surface area contributed by atoms with Gasteiger partial charge in [0.15, 0.2) is 11.5 Å². The molecule has 0 bridgehead atoms. The number of aliphatic hydroxyl groups excluding tert-OH is 3. The van der Waals surface area contributed by atoms with Gasteiger partial charge in [0.05, 0.1) is 6.61 Å². The summed E-state index contributed by atoms with van der Waals surface area (Å²) in [6.07, 6.45) is -4.53. The third-order valence-corrected chi connectivity index (χ3v) is 9.66. The summed E-state index contributed by atoms with van der Waals surface area (Å²) >= 11 is 0. The maximum Gasteiger partial charge on any atom is 0.161 e. The van der Waals surface area contributed by atoms with Gasteiger partial charge < -0.3 is 34.3 Å². The van der Waals surface area contributed by atoms with Crippen LogP contribution in [0.3, 0.4) is 0 Å². The van der Waals surface area contributed by atoms with Crippen LogP contribution in [0.25, 0.3) is 0 Å². The Kier molecular flexibility index (Phi) is 9.80. The zero-order chi connectivity index (χ0) is 33.8. The Morgan fingerprint density at radius 2 is 1.22 bits per heavy atom. The maximum absolute atomic E-state index is 11.3. The average molecular weight is 659 g/mol. The zero-order valence-corrected chi connectivity index (χ0v) is 27.5. The predicted molar refractivity (Wildman–Crippen MR) is 187 cm³/mol. The van der Waals surface area contributed by atoms with E-state index in [1.54, 1.807) is 0 Å². The summed E-state index contributed by atoms with van der Waals surface area (Å²) in [5.74, 6) is 1.48. The summed E-state index contributed by atoms with van der Waals surface area (Å²) in [5, 5.41) is 33.7. The molecule has 2 aliphatic heterocycles. The highest BCUT2D eigenvalue weighted by Gasteiger charge is 2.46. The number of rotatable bonds is 10. The van der Waals surface area contributed by atoms with E-state index >= 15 is 0 Å². The van der Waals surface area contributed by atoms with Crippen molar-refractivity contribution in [3.05, 3.63) is 166 Å². The fourth-order valence-electron chi connectivity index (χ4n) is 7.09. The van der Waals surface area contributed by atoms with Crippen LogP contribution in [0.4, 0.5) is 0 Å². The van der Waals surface area contributed by atoms with Crippen LogP contribution in [0.2, 0.25) is 0 Å². The van der Waals surface area contributed by atoms with E-state index in [-0.39, 0.29) is 6.61 Å². The van der Waals surface area contributed by atoms with Crippen molar-refractivity contribution in [2.45, 2.75) is 55.9 Å². The van der Waals surface area contributed by atoms with Crippen LogP contribution < -0.4 is 9.47 Å². The molecular weight excluding hydrogens is 616 g/mol. The molecule has 5 atom stereocenters. The fourth-order valence-corrected chi connectivity index (χ4v) is 7.09. The van der Waals surface area contributed by atoms with E-state index in [4.69, 9.17) is 18.9 Å². The van der Waals surface area contributed by atoms with E-state index < -0.39 is 36.1 Å². The molecule has 0 unspecified atom stereocenters. The van der Waals surface area contributed by atoms with Crippen molar-refractivity contribution in [1.82, 2.24) is 0 Å². The first kappa shape index (κ1) is 33.0. The number of ether oxygens (including phenoxy) is 4. The van der Waals surface area contributed by atoms with E-state index in [1.807, 2.05) is 127 Å². The first-order chi connectivity index (χ1) is 24.0. The molecule has 2 aliphatic rings. The van der Waals surface area contributed by atoms with Crippen LogP contribution >= 0.6 is 0 Å². The Morgan fingerprint density at radius 3 is 1.82 bits per heavy atom. The largest absolute Gasteiger partial charge is 0.486 e. The molecule has 0 amide bonds. The molecule has 3 N–H and O–H groups in total. The standard InChI is InChI=1S/C42H42O7/c1-2-29-19-20-30(26-31(29)24-28-18-21-35-36(25-28)47-23-22-46-35)41-40(45)39(44)38(43)37(49-41)27-48-42(32-12-6-3-7-13-32,33-14-8-4-9-15-33)34-16-10-5-11-17-34/h3-21,25-26,37-41,43-45H,2,22-24,27H2,1H3/t37-,38-,39+,40-,41+/m1/s1. The third-order valence-electron chi connectivity index (χ3n) is 9.66. The molecule has 0 saturated carbocycles. The lowest BCUT2D eigenvalue weighted by atomic mass is 9.80. The van der Waals surface area contributed by atoms with Gasteiger partial charge in [0.2, 0.25) is 0 Å². The summed E-state index contributed by atoms with van der Waals surface area (Å²) in [6, 6.07) is 41.9. The normalized spacial score (nSPS) is 22.1. The highest BCUT2D eigenvalue weighted by molar-refractivity contribution is 5.48. The molecule has 5 aromatic rings. The number of hydrogen-bond acceptors (Lipinski definition) is 7. The molecule has 0 radical (unpaired) electrons. The summed E-state index contributed by atoms with van der Waals surface area (Å²) in [7, 11) is 0. The van der Waals surface area contributed by atoms with Crippen LogP contribution in [0.15, 0.2) is 127 Å². The zero-order valence-electron chi connectivity index (χ0n) is 27.5. The first-order valence-electron chi connectivity index (χ1n) is 17.0. The lowest BCUT2D eigenvalue weighted by molar-refractivity contribution is -0.240. The first-order valence-corrected chi connectivity index (χ1v) is 17.0. The summed E-state index contributed by atoms with van der Waals surface area (Å²) in [6.45, 7) is 3.11. The van der Waals surface area contributed by atoms with Gasteiger partial charge in [0, 0.05) is 0 Å². The predicted octanol–water partition coefficient (Wildman–Crippen LogP) is 6.14. The molecule has 2 heterocycles. The SMILES string of the molecule is CCc1ccc([C@@H]2O[C@H](COC(c3ccccc3)(c3ccccc3)c3ccccc3)[C@@H](O)[C@H](O)[C@H]2O)cc1Cc1ccc2c(c1)OCCO2.